The normalized spacial score (nSPS) is 11.0. The number of ether oxygens (including phenoxy) is 1. The van der Waals surface area contributed by atoms with Crippen molar-refractivity contribution in [2.75, 3.05) is 7.11 Å². The number of methoxy groups -OCH3 is 1. The fourth-order valence-electron chi connectivity index (χ4n) is 1.78. The Bertz CT molecular complexity index is 925. The lowest BCUT2D eigenvalue weighted by molar-refractivity contribution is 0.320. The van der Waals surface area contributed by atoms with Crippen molar-refractivity contribution < 1.29 is 34.9 Å². The van der Waals surface area contributed by atoms with Gasteiger partial charge in [-0.3, -0.25) is 0 Å². The third-order valence-electron chi connectivity index (χ3n) is 2.84. The summed E-state index contributed by atoms with van der Waals surface area (Å²) in [4.78, 5) is -1.97. The van der Waals surface area contributed by atoms with E-state index in [-0.39, 0.29) is 5.56 Å². The van der Waals surface area contributed by atoms with Crippen molar-refractivity contribution in [3.05, 3.63) is 53.1 Å². The molecule has 0 atom stereocenters. The third kappa shape index (κ3) is 2.85. The Hall–Kier alpha value is -2.80. The van der Waals surface area contributed by atoms with Gasteiger partial charge in [-0.05, 0) is 12.1 Å². The lowest BCUT2D eigenvalue weighted by atomic mass is 10.2. The molecule has 10 heteroatoms. The maximum atomic E-state index is 13.9. The van der Waals surface area contributed by atoms with Crippen molar-refractivity contribution >= 4 is 10.1 Å². The maximum absolute atomic E-state index is 13.9. The third-order valence-corrected chi connectivity index (χ3v) is 4.10. The van der Waals surface area contributed by atoms with Gasteiger partial charge in [0.1, 0.15) is 6.07 Å². The van der Waals surface area contributed by atoms with Crippen molar-refractivity contribution in [1.82, 2.24) is 0 Å². The minimum absolute atomic E-state index is 0.267. The van der Waals surface area contributed by atoms with Gasteiger partial charge < -0.3 is 8.92 Å². The summed E-state index contributed by atoms with van der Waals surface area (Å²) in [5.41, 5.74) is -0.267. The largest absolute Gasteiger partial charge is 0.491 e. The summed E-state index contributed by atoms with van der Waals surface area (Å²) in [6.07, 6.45) is 0. The Kier molecular flexibility index (Phi) is 4.66. The van der Waals surface area contributed by atoms with Crippen LogP contribution in [0.25, 0.3) is 0 Å². The molecule has 126 valence electrons. The smallest absolute Gasteiger partial charge is 0.345 e. The maximum Gasteiger partial charge on any atom is 0.345 e. The summed E-state index contributed by atoms with van der Waals surface area (Å²) >= 11 is 0. The van der Waals surface area contributed by atoms with E-state index in [0.717, 1.165) is 13.2 Å². The SMILES string of the molecule is COc1c(F)c(F)c(S(=O)(=O)Oc2ccccc2C#N)c(F)c1F. The quantitative estimate of drug-likeness (QED) is 0.475. The molecule has 0 fully saturated rings. The van der Waals surface area contributed by atoms with Crippen LogP contribution in [0.3, 0.4) is 0 Å². The molecule has 0 spiro atoms. The predicted octanol–water partition coefficient (Wildman–Crippen LogP) is 2.89. The van der Waals surface area contributed by atoms with E-state index in [2.05, 4.69) is 8.92 Å². The predicted molar refractivity (Wildman–Crippen MR) is 71.8 cm³/mol. The molecule has 2 aromatic carbocycles. The van der Waals surface area contributed by atoms with E-state index in [0.29, 0.717) is 0 Å². The molecule has 0 aliphatic heterocycles. The second-order valence-corrected chi connectivity index (χ2v) is 5.75. The van der Waals surface area contributed by atoms with Gasteiger partial charge in [0.2, 0.25) is 11.6 Å². The number of hydrogen-bond acceptors (Lipinski definition) is 5. The Labute approximate surface area is 133 Å². The van der Waals surface area contributed by atoms with Gasteiger partial charge in [0.05, 0.1) is 12.7 Å². The number of benzene rings is 2. The summed E-state index contributed by atoms with van der Waals surface area (Å²) in [5.74, 6) is -10.5. The van der Waals surface area contributed by atoms with Gasteiger partial charge in [-0.1, -0.05) is 12.1 Å². The lowest BCUT2D eigenvalue weighted by Crippen LogP contribution is -2.17. The zero-order valence-electron chi connectivity index (χ0n) is 11.8. The monoisotopic (exact) mass is 361 g/mol. The first kappa shape index (κ1) is 17.6. The molecule has 5 nitrogen and oxygen atoms in total. The van der Waals surface area contributed by atoms with E-state index in [1.807, 2.05) is 0 Å². The number of nitrogens with zero attached hydrogens (tertiary/aromatic N) is 1. The Morgan fingerprint density at radius 2 is 1.54 bits per heavy atom. The molecular weight excluding hydrogens is 354 g/mol. The van der Waals surface area contributed by atoms with Crippen LogP contribution in [0.15, 0.2) is 29.2 Å². The minimum atomic E-state index is -5.31. The van der Waals surface area contributed by atoms with Crippen molar-refractivity contribution in [2.24, 2.45) is 0 Å². The molecule has 0 aliphatic rings. The van der Waals surface area contributed by atoms with Crippen molar-refractivity contribution in [3.63, 3.8) is 0 Å². The molecule has 0 N–H and O–H groups in total. The second kappa shape index (κ2) is 6.37. The molecule has 0 aliphatic carbocycles. The lowest BCUT2D eigenvalue weighted by Gasteiger charge is -2.12. The Morgan fingerprint density at radius 3 is 2.04 bits per heavy atom. The zero-order chi connectivity index (χ0) is 18.1. The second-order valence-electron chi connectivity index (χ2n) is 4.26. The average Bonchev–Trinajstić information content (AvgIpc) is 2.53. The molecule has 0 unspecified atom stereocenters. The van der Waals surface area contributed by atoms with Crippen molar-refractivity contribution in [3.8, 4) is 17.6 Å². The van der Waals surface area contributed by atoms with Gasteiger partial charge in [-0.25, -0.2) is 8.78 Å². The molecule has 0 radical (unpaired) electrons. The molecule has 0 aromatic heterocycles. The van der Waals surface area contributed by atoms with Crippen LogP contribution in [-0.4, -0.2) is 15.5 Å². The van der Waals surface area contributed by atoms with Crippen LogP contribution in [-0.2, 0) is 10.1 Å². The molecule has 0 bridgehead atoms. The number of nitriles is 1. The van der Waals surface area contributed by atoms with E-state index in [1.54, 1.807) is 6.07 Å². The van der Waals surface area contributed by atoms with Crippen LogP contribution in [0.4, 0.5) is 17.6 Å². The molecular formula is C14H7F4NO4S. The molecule has 0 saturated carbocycles. The highest BCUT2D eigenvalue weighted by Gasteiger charge is 2.35. The standard InChI is InChI=1S/C14H7F4NO4S/c1-22-13-9(15)11(17)14(12(18)10(13)16)24(20,21)23-8-5-3-2-4-7(8)6-19/h2-5H,1H3. The van der Waals surface area contributed by atoms with Crippen molar-refractivity contribution in [1.29, 1.82) is 5.26 Å². The van der Waals surface area contributed by atoms with E-state index >= 15 is 0 Å². The van der Waals surface area contributed by atoms with Crippen LogP contribution in [0.5, 0.6) is 11.5 Å². The van der Waals surface area contributed by atoms with Gasteiger partial charge in [0.25, 0.3) is 0 Å². The number of halogens is 4. The van der Waals surface area contributed by atoms with E-state index in [4.69, 9.17) is 5.26 Å². The fraction of sp³-hybridized carbons (Fsp3) is 0.0714. The fourth-order valence-corrected chi connectivity index (χ4v) is 2.86. The van der Waals surface area contributed by atoms with Crippen LogP contribution in [0.2, 0.25) is 0 Å². The summed E-state index contributed by atoms with van der Waals surface area (Å²) in [7, 11) is -4.57. The Morgan fingerprint density at radius 1 is 1.00 bits per heavy atom. The topological polar surface area (TPSA) is 76.4 Å². The molecule has 24 heavy (non-hydrogen) atoms. The minimum Gasteiger partial charge on any atom is -0.491 e. The first-order valence-electron chi connectivity index (χ1n) is 6.08. The van der Waals surface area contributed by atoms with Crippen LogP contribution < -0.4 is 8.92 Å². The van der Waals surface area contributed by atoms with Gasteiger partial charge in [-0.2, -0.15) is 22.5 Å². The van der Waals surface area contributed by atoms with E-state index in [9.17, 15) is 26.0 Å². The van der Waals surface area contributed by atoms with Gasteiger partial charge in [0, 0.05) is 0 Å². The van der Waals surface area contributed by atoms with E-state index in [1.165, 1.54) is 18.2 Å². The zero-order valence-corrected chi connectivity index (χ0v) is 12.6. The first-order chi connectivity index (χ1) is 11.2. The average molecular weight is 361 g/mol. The van der Waals surface area contributed by atoms with Crippen LogP contribution in [0.1, 0.15) is 5.56 Å². The molecule has 0 saturated heterocycles. The summed E-state index contributed by atoms with van der Waals surface area (Å²) < 4.78 is 87.7. The Balaban J connectivity index is 2.65. The number of para-hydroxylation sites is 1. The van der Waals surface area contributed by atoms with Crippen molar-refractivity contribution in [2.45, 2.75) is 4.90 Å². The first-order valence-corrected chi connectivity index (χ1v) is 7.49. The highest BCUT2D eigenvalue weighted by Crippen LogP contribution is 2.33. The number of hydrogen-bond donors (Lipinski definition) is 0. The summed E-state index contributed by atoms with van der Waals surface area (Å²) in [6, 6.07) is 6.46. The highest BCUT2D eigenvalue weighted by atomic mass is 32.2. The molecule has 0 heterocycles. The van der Waals surface area contributed by atoms with Gasteiger partial charge in [0.15, 0.2) is 28.0 Å². The number of rotatable bonds is 4. The summed E-state index contributed by atoms with van der Waals surface area (Å²) in [5, 5.41) is 8.84. The molecule has 0 amide bonds. The molecule has 2 rings (SSSR count). The van der Waals surface area contributed by atoms with Gasteiger partial charge in [-0.15, -0.1) is 0 Å². The highest BCUT2D eigenvalue weighted by molar-refractivity contribution is 7.87. The molecule has 2 aromatic rings. The van der Waals surface area contributed by atoms with Gasteiger partial charge >= 0.3 is 10.1 Å². The summed E-state index contributed by atoms with van der Waals surface area (Å²) in [6.45, 7) is 0. The van der Waals surface area contributed by atoms with E-state index < -0.39 is 49.8 Å². The van der Waals surface area contributed by atoms with Crippen LogP contribution >= 0.6 is 0 Å². The van der Waals surface area contributed by atoms with Crippen LogP contribution in [0, 0.1) is 34.6 Å².